The van der Waals surface area contributed by atoms with Crippen molar-refractivity contribution in [2.75, 3.05) is 14.1 Å². The lowest BCUT2D eigenvalue weighted by Crippen LogP contribution is -2.43. The summed E-state index contributed by atoms with van der Waals surface area (Å²) in [6.45, 7) is 4.42. The summed E-state index contributed by atoms with van der Waals surface area (Å²) in [4.78, 5) is 2.36. The molecule has 0 saturated heterocycles. The second-order valence-electron chi connectivity index (χ2n) is 5.84. The van der Waals surface area contributed by atoms with E-state index in [2.05, 4.69) is 61.8 Å². The van der Waals surface area contributed by atoms with Crippen molar-refractivity contribution in [3.05, 3.63) is 35.5 Å². The van der Waals surface area contributed by atoms with Crippen molar-refractivity contribution < 1.29 is 0 Å². The molecule has 0 bridgehead atoms. The van der Waals surface area contributed by atoms with Crippen LogP contribution in [0.2, 0.25) is 0 Å². The Balaban J connectivity index is 2.06. The zero-order valence-corrected chi connectivity index (χ0v) is 11.8. The van der Waals surface area contributed by atoms with Gasteiger partial charge in [-0.1, -0.05) is 6.07 Å². The first kappa shape index (κ1) is 11.8. The fourth-order valence-electron chi connectivity index (χ4n) is 3.17. The predicted molar refractivity (Wildman–Crippen MR) is 77.2 cm³/mol. The average molecular weight is 242 g/mol. The number of hydrogen-bond donors (Lipinski definition) is 0. The third-order valence-corrected chi connectivity index (χ3v) is 4.67. The summed E-state index contributed by atoms with van der Waals surface area (Å²) < 4.78 is 2.48. The second kappa shape index (κ2) is 4.13. The third-order valence-electron chi connectivity index (χ3n) is 4.67. The van der Waals surface area contributed by atoms with Crippen LogP contribution >= 0.6 is 0 Å². The highest BCUT2D eigenvalue weighted by Crippen LogP contribution is 2.38. The maximum absolute atomic E-state index is 2.48. The Kier molecular flexibility index (Phi) is 2.70. The fourth-order valence-corrected chi connectivity index (χ4v) is 3.17. The molecule has 2 nitrogen and oxygen atoms in total. The highest BCUT2D eigenvalue weighted by Gasteiger charge is 2.34. The summed E-state index contributed by atoms with van der Waals surface area (Å²) in [5, 5.41) is 1.42. The molecule has 0 aliphatic heterocycles. The third kappa shape index (κ3) is 1.59. The lowest BCUT2D eigenvalue weighted by molar-refractivity contribution is 0.116. The van der Waals surface area contributed by atoms with Gasteiger partial charge in [-0.2, -0.15) is 0 Å². The average Bonchev–Trinajstić information content (AvgIpc) is 2.66. The molecular formula is C16H22N2. The molecule has 0 radical (unpaired) electrons. The van der Waals surface area contributed by atoms with Crippen LogP contribution in [0.1, 0.15) is 30.0 Å². The summed E-state index contributed by atoms with van der Waals surface area (Å²) in [6.07, 6.45) is 4.90. The van der Waals surface area contributed by atoms with E-state index in [1.807, 2.05) is 0 Å². The first-order valence-corrected chi connectivity index (χ1v) is 6.83. The van der Waals surface area contributed by atoms with Crippen molar-refractivity contribution in [3.63, 3.8) is 0 Å². The summed E-state index contributed by atoms with van der Waals surface area (Å²) in [5.41, 5.74) is 4.21. The standard InChI is InChI=1S/C16H22N2/c1-11-5-6-14-13(12(11)2)9-10-18(14)16-8-7-15(16)17(3)4/h5-6,9-10,15-16H,7-8H2,1-4H3. The normalized spacial score (nSPS) is 23.6. The van der Waals surface area contributed by atoms with E-state index in [1.54, 1.807) is 0 Å². The van der Waals surface area contributed by atoms with E-state index in [1.165, 1.54) is 34.9 Å². The van der Waals surface area contributed by atoms with Crippen LogP contribution < -0.4 is 0 Å². The largest absolute Gasteiger partial charge is 0.343 e. The van der Waals surface area contributed by atoms with Gasteiger partial charge < -0.3 is 9.47 Å². The molecule has 1 saturated carbocycles. The van der Waals surface area contributed by atoms with Crippen LogP contribution in [0, 0.1) is 13.8 Å². The Morgan fingerprint density at radius 2 is 1.89 bits per heavy atom. The van der Waals surface area contributed by atoms with Crippen LogP contribution in [0.4, 0.5) is 0 Å². The molecule has 2 unspecified atom stereocenters. The van der Waals surface area contributed by atoms with Crippen molar-refractivity contribution in [2.24, 2.45) is 0 Å². The molecule has 1 aromatic heterocycles. The molecule has 3 rings (SSSR count). The minimum Gasteiger partial charge on any atom is -0.343 e. The van der Waals surface area contributed by atoms with Crippen molar-refractivity contribution in [1.82, 2.24) is 9.47 Å². The topological polar surface area (TPSA) is 8.17 Å². The lowest BCUT2D eigenvalue weighted by atomic mass is 9.85. The minimum atomic E-state index is 0.652. The number of fused-ring (bicyclic) bond motifs is 1. The fraction of sp³-hybridized carbons (Fsp3) is 0.500. The molecule has 2 aromatic rings. The van der Waals surface area contributed by atoms with E-state index >= 15 is 0 Å². The van der Waals surface area contributed by atoms with Crippen LogP contribution in [-0.2, 0) is 0 Å². The van der Waals surface area contributed by atoms with E-state index in [-0.39, 0.29) is 0 Å². The van der Waals surface area contributed by atoms with Gasteiger partial charge in [-0.05, 0) is 64.0 Å². The first-order chi connectivity index (χ1) is 8.59. The van der Waals surface area contributed by atoms with E-state index in [4.69, 9.17) is 0 Å². The molecule has 1 heterocycles. The van der Waals surface area contributed by atoms with Gasteiger partial charge in [-0.15, -0.1) is 0 Å². The highest BCUT2D eigenvalue weighted by molar-refractivity contribution is 5.84. The molecular weight excluding hydrogens is 220 g/mol. The van der Waals surface area contributed by atoms with Crippen LogP contribution in [0.25, 0.3) is 10.9 Å². The molecule has 96 valence electrons. The van der Waals surface area contributed by atoms with Gasteiger partial charge in [-0.25, -0.2) is 0 Å². The molecule has 1 fully saturated rings. The smallest absolute Gasteiger partial charge is 0.0492 e. The van der Waals surface area contributed by atoms with Crippen molar-refractivity contribution in [1.29, 1.82) is 0 Å². The quantitative estimate of drug-likeness (QED) is 0.782. The Morgan fingerprint density at radius 1 is 1.11 bits per heavy atom. The van der Waals surface area contributed by atoms with Crippen molar-refractivity contribution >= 4 is 10.9 Å². The Hall–Kier alpha value is -1.28. The molecule has 1 aliphatic rings. The van der Waals surface area contributed by atoms with Gasteiger partial charge in [0.1, 0.15) is 0 Å². The van der Waals surface area contributed by atoms with E-state index in [0.29, 0.717) is 12.1 Å². The zero-order valence-electron chi connectivity index (χ0n) is 11.8. The summed E-state index contributed by atoms with van der Waals surface area (Å²) in [7, 11) is 4.38. The SMILES string of the molecule is Cc1ccc2c(ccn2C2CCC2N(C)C)c1C. The number of benzene rings is 1. The Morgan fingerprint density at radius 3 is 2.50 bits per heavy atom. The van der Waals surface area contributed by atoms with Gasteiger partial charge in [0, 0.05) is 29.2 Å². The first-order valence-electron chi connectivity index (χ1n) is 6.83. The zero-order chi connectivity index (χ0) is 12.9. The molecule has 0 spiro atoms. The number of nitrogens with zero attached hydrogens (tertiary/aromatic N) is 2. The summed E-state index contributed by atoms with van der Waals surface area (Å²) in [5.74, 6) is 0. The van der Waals surface area contributed by atoms with Crippen LogP contribution in [0.15, 0.2) is 24.4 Å². The van der Waals surface area contributed by atoms with Gasteiger partial charge in [0.15, 0.2) is 0 Å². The maximum atomic E-state index is 2.48. The Bertz CT molecular complexity index is 580. The van der Waals surface area contributed by atoms with Gasteiger partial charge >= 0.3 is 0 Å². The molecule has 18 heavy (non-hydrogen) atoms. The predicted octanol–water partition coefficient (Wildman–Crippen LogP) is 3.52. The lowest BCUT2D eigenvalue weighted by Gasteiger charge is -2.42. The number of likely N-dealkylation sites (N-methyl/N-ethyl adjacent to an activating group) is 1. The molecule has 2 atom stereocenters. The molecule has 0 N–H and O–H groups in total. The molecule has 2 heteroatoms. The van der Waals surface area contributed by atoms with Gasteiger partial charge in [0.25, 0.3) is 0 Å². The maximum Gasteiger partial charge on any atom is 0.0492 e. The number of rotatable bonds is 2. The van der Waals surface area contributed by atoms with Gasteiger partial charge in [-0.3, -0.25) is 0 Å². The summed E-state index contributed by atoms with van der Waals surface area (Å²) >= 11 is 0. The number of hydrogen-bond acceptors (Lipinski definition) is 1. The monoisotopic (exact) mass is 242 g/mol. The number of aryl methyl sites for hydroxylation is 2. The molecule has 0 amide bonds. The summed E-state index contributed by atoms with van der Waals surface area (Å²) in [6, 6.07) is 8.16. The van der Waals surface area contributed by atoms with E-state index in [9.17, 15) is 0 Å². The van der Waals surface area contributed by atoms with E-state index < -0.39 is 0 Å². The number of aromatic nitrogens is 1. The van der Waals surface area contributed by atoms with Gasteiger partial charge in [0.2, 0.25) is 0 Å². The van der Waals surface area contributed by atoms with Gasteiger partial charge in [0.05, 0.1) is 0 Å². The minimum absolute atomic E-state index is 0.652. The highest BCUT2D eigenvalue weighted by atomic mass is 15.2. The molecule has 1 aromatic carbocycles. The second-order valence-corrected chi connectivity index (χ2v) is 5.84. The van der Waals surface area contributed by atoms with Crippen molar-refractivity contribution in [3.8, 4) is 0 Å². The molecule has 1 aliphatic carbocycles. The van der Waals surface area contributed by atoms with E-state index in [0.717, 1.165) is 0 Å². The van der Waals surface area contributed by atoms with Crippen LogP contribution in [0.3, 0.4) is 0 Å². The van der Waals surface area contributed by atoms with Crippen molar-refractivity contribution in [2.45, 2.75) is 38.8 Å². The van der Waals surface area contributed by atoms with Crippen LogP contribution in [-0.4, -0.2) is 29.6 Å². The Labute approximate surface area is 109 Å². The van der Waals surface area contributed by atoms with Crippen LogP contribution in [0.5, 0.6) is 0 Å².